The van der Waals surface area contributed by atoms with Gasteiger partial charge < -0.3 is 20.3 Å². The Bertz CT molecular complexity index is 895. The van der Waals surface area contributed by atoms with Gasteiger partial charge in [0.15, 0.2) is 0 Å². The zero-order valence-corrected chi connectivity index (χ0v) is 16.0. The van der Waals surface area contributed by atoms with Gasteiger partial charge in [-0.2, -0.15) is 4.98 Å². The number of nitrogen functional groups attached to an aromatic ring is 1. The fourth-order valence-electron chi connectivity index (χ4n) is 4.27. The highest BCUT2D eigenvalue weighted by Gasteiger charge is 2.40. The molecule has 10 heteroatoms. The lowest BCUT2D eigenvalue weighted by molar-refractivity contribution is -0.0102. The standard InChI is InChI=1S/C19H23F2N7O/c20-19(21)2-1-4-27(5-3-19)18-25-15(12-8-23-17(22)24-9-12)7-16(26-18)28-10-14-6-13(28)11-29-14/h7-9,13-14H,1-6,10-11H2,(H2,22,23,24)/t13-,14-/m0/s1. The van der Waals surface area contributed by atoms with Crippen LogP contribution in [-0.2, 0) is 4.74 Å². The van der Waals surface area contributed by atoms with Crippen LogP contribution in [0.25, 0.3) is 11.3 Å². The second-order valence-corrected chi connectivity index (χ2v) is 7.94. The lowest BCUT2D eigenvalue weighted by Crippen LogP contribution is -2.38. The smallest absolute Gasteiger partial charge is 0.249 e. The van der Waals surface area contributed by atoms with Crippen molar-refractivity contribution in [1.82, 2.24) is 19.9 Å². The third-order valence-corrected chi connectivity index (χ3v) is 5.86. The van der Waals surface area contributed by atoms with Gasteiger partial charge in [0.1, 0.15) is 5.82 Å². The molecule has 2 N–H and O–H groups in total. The van der Waals surface area contributed by atoms with Gasteiger partial charge in [0.25, 0.3) is 0 Å². The Kier molecular flexibility index (Phi) is 4.45. The molecule has 2 bridgehead atoms. The van der Waals surface area contributed by atoms with Crippen molar-refractivity contribution in [3.05, 3.63) is 18.5 Å². The van der Waals surface area contributed by atoms with Crippen LogP contribution in [0.2, 0.25) is 0 Å². The molecular formula is C19H23F2N7O. The summed E-state index contributed by atoms with van der Waals surface area (Å²) < 4.78 is 33.4. The van der Waals surface area contributed by atoms with Gasteiger partial charge in [-0.05, 0) is 12.8 Å². The molecule has 0 unspecified atom stereocenters. The van der Waals surface area contributed by atoms with Crippen LogP contribution in [0, 0.1) is 0 Å². The first-order chi connectivity index (χ1) is 14.0. The maximum absolute atomic E-state index is 13.8. The molecule has 0 radical (unpaired) electrons. The van der Waals surface area contributed by atoms with Crippen LogP contribution in [0.1, 0.15) is 25.7 Å². The number of halogens is 2. The van der Waals surface area contributed by atoms with Gasteiger partial charge >= 0.3 is 0 Å². The average molecular weight is 403 g/mol. The van der Waals surface area contributed by atoms with Crippen molar-refractivity contribution < 1.29 is 13.5 Å². The molecule has 0 spiro atoms. The highest BCUT2D eigenvalue weighted by atomic mass is 19.3. The molecule has 29 heavy (non-hydrogen) atoms. The zero-order chi connectivity index (χ0) is 20.0. The molecule has 5 rings (SSSR count). The van der Waals surface area contributed by atoms with Crippen LogP contribution >= 0.6 is 0 Å². The van der Waals surface area contributed by atoms with Crippen molar-refractivity contribution in [1.29, 1.82) is 0 Å². The van der Waals surface area contributed by atoms with E-state index in [0.717, 1.165) is 18.8 Å². The summed E-state index contributed by atoms with van der Waals surface area (Å²) in [4.78, 5) is 21.6. The molecule has 2 aromatic rings. The van der Waals surface area contributed by atoms with Crippen molar-refractivity contribution in [2.75, 3.05) is 41.8 Å². The lowest BCUT2D eigenvalue weighted by atomic mass is 10.1. The number of morpholine rings is 1. The molecule has 154 valence electrons. The number of nitrogens with two attached hydrogens (primary N) is 1. The fourth-order valence-corrected chi connectivity index (χ4v) is 4.27. The number of rotatable bonds is 3. The van der Waals surface area contributed by atoms with Crippen molar-refractivity contribution in [3.8, 4) is 11.3 Å². The van der Waals surface area contributed by atoms with E-state index in [4.69, 9.17) is 15.5 Å². The molecule has 8 nitrogen and oxygen atoms in total. The van der Waals surface area contributed by atoms with E-state index < -0.39 is 5.92 Å². The highest BCUT2D eigenvalue weighted by Crippen LogP contribution is 2.35. The van der Waals surface area contributed by atoms with E-state index >= 15 is 0 Å². The fraction of sp³-hybridized carbons (Fsp3) is 0.579. The summed E-state index contributed by atoms with van der Waals surface area (Å²) in [5.41, 5.74) is 6.98. The molecule has 0 saturated carbocycles. The van der Waals surface area contributed by atoms with Crippen LogP contribution in [0.5, 0.6) is 0 Å². The Labute approximate surface area is 167 Å². The average Bonchev–Trinajstić information content (AvgIpc) is 3.29. The molecular weight excluding hydrogens is 380 g/mol. The van der Waals surface area contributed by atoms with Crippen molar-refractivity contribution in [2.45, 2.75) is 43.8 Å². The van der Waals surface area contributed by atoms with Crippen molar-refractivity contribution in [2.24, 2.45) is 0 Å². The largest absolute Gasteiger partial charge is 0.374 e. The monoisotopic (exact) mass is 403 g/mol. The minimum atomic E-state index is -2.63. The maximum atomic E-state index is 13.8. The molecule has 2 aromatic heterocycles. The Morgan fingerprint density at radius 3 is 2.69 bits per heavy atom. The number of anilines is 3. The van der Waals surface area contributed by atoms with E-state index in [9.17, 15) is 8.78 Å². The second-order valence-electron chi connectivity index (χ2n) is 7.94. The quantitative estimate of drug-likeness (QED) is 0.833. The van der Waals surface area contributed by atoms with Gasteiger partial charge in [-0.15, -0.1) is 0 Å². The van der Waals surface area contributed by atoms with Crippen LogP contribution in [-0.4, -0.2) is 64.2 Å². The number of aromatic nitrogens is 4. The molecule has 2 atom stereocenters. The Balaban J connectivity index is 1.52. The molecule has 0 aliphatic carbocycles. The van der Waals surface area contributed by atoms with E-state index in [1.807, 2.05) is 11.0 Å². The summed E-state index contributed by atoms with van der Waals surface area (Å²) >= 11 is 0. The number of alkyl halides is 2. The SMILES string of the molecule is Nc1ncc(-c2cc(N3C[C@@H]4C[C@H]3CO4)nc(N3CCCC(F)(F)CC3)n2)cn1. The molecule has 5 heterocycles. The van der Waals surface area contributed by atoms with Crippen LogP contribution in [0.15, 0.2) is 18.5 Å². The molecule has 0 amide bonds. The van der Waals surface area contributed by atoms with Crippen molar-refractivity contribution in [3.63, 3.8) is 0 Å². The number of hydrogen-bond donors (Lipinski definition) is 1. The second kappa shape index (κ2) is 7.01. The van der Waals surface area contributed by atoms with E-state index in [1.54, 1.807) is 12.4 Å². The Morgan fingerprint density at radius 1 is 1.14 bits per heavy atom. The third kappa shape index (κ3) is 3.68. The highest BCUT2D eigenvalue weighted by molar-refractivity contribution is 5.64. The lowest BCUT2D eigenvalue weighted by Gasteiger charge is -2.29. The molecule has 3 aliphatic heterocycles. The maximum Gasteiger partial charge on any atom is 0.249 e. The van der Waals surface area contributed by atoms with Crippen molar-refractivity contribution >= 4 is 17.7 Å². The summed E-state index contributed by atoms with van der Waals surface area (Å²) in [5, 5.41) is 0. The molecule has 0 aromatic carbocycles. The van der Waals surface area contributed by atoms with Gasteiger partial charge in [-0.1, -0.05) is 0 Å². The van der Waals surface area contributed by atoms with E-state index in [-0.39, 0.29) is 37.5 Å². The van der Waals surface area contributed by atoms with Gasteiger partial charge in [0.05, 0.1) is 24.4 Å². The summed E-state index contributed by atoms with van der Waals surface area (Å²) in [6, 6.07) is 2.19. The normalized spacial score (nSPS) is 26.0. The van der Waals surface area contributed by atoms with Crippen LogP contribution in [0.4, 0.5) is 26.5 Å². The molecule has 3 aliphatic rings. The predicted octanol–water partition coefficient (Wildman–Crippen LogP) is 2.12. The summed E-state index contributed by atoms with van der Waals surface area (Å²) in [6.45, 7) is 2.19. The van der Waals surface area contributed by atoms with Crippen LogP contribution in [0.3, 0.4) is 0 Å². The predicted molar refractivity (Wildman–Crippen MR) is 104 cm³/mol. The van der Waals surface area contributed by atoms with E-state index in [0.29, 0.717) is 36.8 Å². The van der Waals surface area contributed by atoms with Gasteiger partial charge in [-0.3, -0.25) is 0 Å². The molecule has 3 saturated heterocycles. The topological polar surface area (TPSA) is 93.3 Å². The first kappa shape index (κ1) is 18.4. The Morgan fingerprint density at radius 2 is 1.97 bits per heavy atom. The number of ether oxygens (including phenoxy) is 1. The minimum Gasteiger partial charge on any atom is -0.374 e. The van der Waals surface area contributed by atoms with E-state index in [1.165, 1.54) is 0 Å². The minimum absolute atomic E-state index is 0.102. The van der Waals surface area contributed by atoms with Gasteiger partial charge in [0, 0.05) is 56.5 Å². The number of fused-ring (bicyclic) bond motifs is 2. The van der Waals surface area contributed by atoms with Gasteiger partial charge in [-0.25, -0.2) is 23.7 Å². The zero-order valence-electron chi connectivity index (χ0n) is 16.0. The Hall–Kier alpha value is -2.62. The summed E-state index contributed by atoms with van der Waals surface area (Å²) in [6.07, 6.45) is 4.55. The first-order valence-electron chi connectivity index (χ1n) is 9.95. The first-order valence-corrected chi connectivity index (χ1v) is 9.95. The summed E-state index contributed by atoms with van der Waals surface area (Å²) in [5.74, 6) is -1.19. The van der Waals surface area contributed by atoms with Crippen LogP contribution < -0.4 is 15.5 Å². The number of hydrogen-bond acceptors (Lipinski definition) is 8. The third-order valence-electron chi connectivity index (χ3n) is 5.86. The molecule has 3 fully saturated rings. The summed E-state index contributed by atoms with van der Waals surface area (Å²) in [7, 11) is 0. The van der Waals surface area contributed by atoms with E-state index in [2.05, 4.69) is 19.9 Å². The number of nitrogens with zero attached hydrogens (tertiary/aromatic N) is 6. The van der Waals surface area contributed by atoms with Gasteiger partial charge in [0.2, 0.25) is 17.8 Å².